The summed E-state index contributed by atoms with van der Waals surface area (Å²) in [6.45, 7) is 1.58. The molecule has 0 atom stereocenters. The van der Waals surface area contributed by atoms with Gasteiger partial charge in [0.2, 0.25) is 0 Å². The average Bonchev–Trinajstić information content (AvgIpc) is 3.49. The van der Waals surface area contributed by atoms with E-state index in [-0.39, 0.29) is 5.91 Å². The van der Waals surface area contributed by atoms with E-state index < -0.39 is 0 Å². The molecule has 0 radical (unpaired) electrons. The van der Waals surface area contributed by atoms with Crippen LogP contribution in [0.1, 0.15) is 17.5 Å². The van der Waals surface area contributed by atoms with E-state index in [0.717, 1.165) is 40.2 Å². The number of nitrogens with zero attached hydrogens (tertiary/aromatic N) is 3. The Hall–Kier alpha value is -3.72. The SMILES string of the molecule is COCCCN1C(=O)C(=Cc2cn(-c3ccccc3)nc2-c2cccc(OCc3ccccc3)c2)SC1=S. The first kappa shape index (κ1) is 25.9. The standard InChI is InChI=1S/C30H27N3O3S2/c1-35-17-9-16-32-29(34)27(38-30(32)37)19-24-20-33(25-13-6-3-7-14-25)31-28(24)23-12-8-15-26(18-23)36-21-22-10-4-2-5-11-22/h2-8,10-15,18-20H,9,16-17,21H2,1H3. The van der Waals surface area contributed by atoms with Crippen LogP contribution in [0.4, 0.5) is 0 Å². The Bertz CT molecular complexity index is 1450. The average molecular weight is 542 g/mol. The number of rotatable bonds is 10. The summed E-state index contributed by atoms with van der Waals surface area (Å²) in [6, 6.07) is 27.8. The fourth-order valence-electron chi connectivity index (χ4n) is 4.11. The Kier molecular flexibility index (Phi) is 8.33. The summed E-state index contributed by atoms with van der Waals surface area (Å²) in [6.07, 6.45) is 4.55. The Morgan fingerprint density at radius 2 is 1.76 bits per heavy atom. The van der Waals surface area contributed by atoms with Crippen LogP contribution in [0, 0.1) is 0 Å². The molecule has 0 saturated carbocycles. The largest absolute Gasteiger partial charge is 0.489 e. The molecular formula is C30H27N3O3S2. The molecule has 6 nitrogen and oxygen atoms in total. The topological polar surface area (TPSA) is 56.6 Å². The molecule has 1 aromatic heterocycles. The summed E-state index contributed by atoms with van der Waals surface area (Å²) in [4.78, 5) is 15.4. The second-order valence-electron chi connectivity index (χ2n) is 8.69. The lowest BCUT2D eigenvalue weighted by molar-refractivity contribution is -0.122. The van der Waals surface area contributed by atoms with Crippen LogP contribution in [-0.2, 0) is 16.1 Å². The lowest BCUT2D eigenvalue weighted by Gasteiger charge is -2.13. The normalized spacial score (nSPS) is 14.4. The Morgan fingerprint density at radius 1 is 1.00 bits per heavy atom. The predicted molar refractivity (Wildman–Crippen MR) is 156 cm³/mol. The zero-order valence-corrected chi connectivity index (χ0v) is 22.6. The van der Waals surface area contributed by atoms with Gasteiger partial charge in [0.1, 0.15) is 22.4 Å². The van der Waals surface area contributed by atoms with E-state index in [9.17, 15) is 4.79 Å². The van der Waals surface area contributed by atoms with Gasteiger partial charge in [-0.25, -0.2) is 4.68 Å². The maximum Gasteiger partial charge on any atom is 0.266 e. The number of hydrogen-bond donors (Lipinski definition) is 0. The molecule has 0 aliphatic carbocycles. The van der Waals surface area contributed by atoms with Crippen LogP contribution >= 0.6 is 24.0 Å². The van der Waals surface area contributed by atoms with E-state index in [2.05, 4.69) is 0 Å². The van der Waals surface area contributed by atoms with Gasteiger partial charge in [-0.2, -0.15) is 5.10 Å². The predicted octanol–water partition coefficient (Wildman–Crippen LogP) is 6.36. The number of benzene rings is 3. The minimum absolute atomic E-state index is 0.0885. The number of hydrogen-bond acceptors (Lipinski definition) is 6. The first-order valence-corrected chi connectivity index (χ1v) is 13.5. The Balaban J connectivity index is 1.47. The van der Waals surface area contributed by atoms with Gasteiger partial charge in [0.05, 0.1) is 10.6 Å². The van der Waals surface area contributed by atoms with Crippen molar-refractivity contribution >= 4 is 40.3 Å². The molecule has 5 rings (SSSR count). The summed E-state index contributed by atoms with van der Waals surface area (Å²) < 4.78 is 13.6. The monoisotopic (exact) mass is 541 g/mol. The van der Waals surface area contributed by atoms with Gasteiger partial charge in [-0.15, -0.1) is 0 Å². The van der Waals surface area contributed by atoms with E-state index >= 15 is 0 Å². The van der Waals surface area contributed by atoms with Gasteiger partial charge in [0.25, 0.3) is 5.91 Å². The summed E-state index contributed by atoms with van der Waals surface area (Å²) in [5, 5.41) is 4.91. The van der Waals surface area contributed by atoms with Gasteiger partial charge in [-0.3, -0.25) is 9.69 Å². The second-order valence-corrected chi connectivity index (χ2v) is 10.4. The maximum absolute atomic E-state index is 13.2. The summed E-state index contributed by atoms with van der Waals surface area (Å²) in [7, 11) is 1.65. The number of aromatic nitrogens is 2. The number of thiocarbonyl (C=S) groups is 1. The number of carbonyl (C=O) groups is 1. The number of ether oxygens (including phenoxy) is 2. The van der Waals surface area contributed by atoms with Gasteiger partial charge in [0, 0.05) is 37.6 Å². The smallest absolute Gasteiger partial charge is 0.266 e. The van der Waals surface area contributed by atoms with Gasteiger partial charge in [-0.1, -0.05) is 84.6 Å². The van der Waals surface area contributed by atoms with Crippen LogP contribution < -0.4 is 4.74 Å². The molecule has 0 spiro atoms. The molecule has 1 aliphatic rings. The second kappa shape index (κ2) is 12.2. The van der Waals surface area contributed by atoms with Crippen LogP contribution in [0.2, 0.25) is 0 Å². The van der Waals surface area contributed by atoms with Crippen LogP contribution in [0.15, 0.2) is 96.0 Å². The number of thioether (sulfide) groups is 1. The quantitative estimate of drug-likeness (QED) is 0.132. The molecule has 1 amide bonds. The molecule has 0 bridgehead atoms. The van der Waals surface area contributed by atoms with Gasteiger partial charge >= 0.3 is 0 Å². The molecule has 192 valence electrons. The van der Waals surface area contributed by atoms with Crippen LogP contribution in [0.3, 0.4) is 0 Å². The fraction of sp³-hybridized carbons (Fsp3) is 0.167. The van der Waals surface area contributed by atoms with Gasteiger partial charge in [0.15, 0.2) is 0 Å². The van der Waals surface area contributed by atoms with E-state index in [0.29, 0.717) is 29.0 Å². The van der Waals surface area contributed by atoms with Crippen molar-refractivity contribution in [3.63, 3.8) is 0 Å². The van der Waals surface area contributed by atoms with Crippen molar-refractivity contribution in [1.29, 1.82) is 0 Å². The molecule has 1 aliphatic heterocycles. The van der Waals surface area contributed by atoms with Crippen molar-refractivity contribution in [1.82, 2.24) is 14.7 Å². The van der Waals surface area contributed by atoms with Crippen LogP contribution in [-0.4, -0.2) is 45.2 Å². The molecule has 38 heavy (non-hydrogen) atoms. The zero-order chi connectivity index (χ0) is 26.3. The number of carbonyl (C=O) groups excluding carboxylic acids is 1. The van der Waals surface area contributed by atoms with E-state index in [1.54, 1.807) is 12.0 Å². The van der Waals surface area contributed by atoms with Crippen molar-refractivity contribution in [3.8, 4) is 22.7 Å². The molecule has 4 aromatic rings. The van der Waals surface area contributed by atoms with Crippen LogP contribution in [0.5, 0.6) is 5.75 Å². The van der Waals surface area contributed by atoms with E-state index in [4.69, 9.17) is 26.8 Å². The maximum atomic E-state index is 13.2. The van der Waals surface area contributed by atoms with Gasteiger partial charge in [-0.05, 0) is 42.3 Å². The van der Waals surface area contributed by atoms with Crippen molar-refractivity contribution in [3.05, 3.63) is 107 Å². The molecular weight excluding hydrogens is 514 g/mol. The highest BCUT2D eigenvalue weighted by Gasteiger charge is 2.32. The molecule has 0 N–H and O–H groups in total. The third kappa shape index (κ3) is 6.05. The third-order valence-corrected chi connectivity index (χ3v) is 7.39. The molecule has 3 aromatic carbocycles. The lowest BCUT2D eigenvalue weighted by Crippen LogP contribution is -2.29. The summed E-state index contributed by atoms with van der Waals surface area (Å²) >= 11 is 6.82. The number of amides is 1. The van der Waals surface area contributed by atoms with Crippen molar-refractivity contribution in [2.24, 2.45) is 0 Å². The molecule has 2 heterocycles. The minimum Gasteiger partial charge on any atom is -0.489 e. The van der Waals surface area contributed by atoms with Gasteiger partial charge < -0.3 is 9.47 Å². The molecule has 8 heteroatoms. The highest BCUT2D eigenvalue weighted by molar-refractivity contribution is 8.26. The Morgan fingerprint density at radius 3 is 2.53 bits per heavy atom. The number of para-hydroxylation sites is 1. The summed E-state index contributed by atoms with van der Waals surface area (Å²) in [5.41, 5.74) is 4.50. The Labute approximate surface area is 231 Å². The van der Waals surface area contributed by atoms with Crippen molar-refractivity contribution in [2.45, 2.75) is 13.0 Å². The first-order chi connectivity index (χ1) is 18.6. The summed E-state index contributed by atoms with van der Waals surface area (Å²) in [5.74, 6) is 0.658. The highest BCUT2D eigenvalue weighted by Crippen LogP contribution is 2.35. The lowest BCUT2D eigenvalue weighted by atomic mass is 10.1. The molecule has 1 saturated heterocycles. The first-order valence-electron chi connectivity index (χ1n) is 12.3. The fourth-order valence-corrected chi connectivity index (χ4v) is 5.40. The van der Waals surface area contributed by atoms with Crippen molar-refractivity contribution < 1.29 is 14.3 Å². The number of methoxy groups -OCH3 is 1. The molecule has 1 fully saturated rings. The highest BCUT2D eigenvalue weighted by atomic mass is 32.2. The third-order valence-electron chi connectivity index (χ3n) is 6.01. The minimum atomic E-state index is -0.0885. The van der Waals surface area contributed by atoms with Crippen LogP contribution in [0.25, 0.3) is 23.0 Å². The molecule has 0 unspecified atom stereocenters. The van der Waals surface area contributed by atoms with E-state index in [1.165, 1.54) is 11.8 Å². The van der Waals surface area contributed by atoms with E-state index in [1.807, 2.05) is 102 Å². The van der Waals surface area contributed by atoms with Crippen molar-refractivity contribution in [2.75, 3.05) is 20.3 Å². The zero-order valence-electron chi connectivity index (χ0n) is 20.9.